The van der Waals surface area contributed by atoms with Gasteiger partial charge < -0.3 is 10.6 Å². The molecule has 0 aliphatic carbocycles. The fourth-order valence-electron chi connectivity index (χ4n) is 4.31. The summed E-state index contributed by atoms with van der Waals surface area (Å²) in [6.07, 6.45) is 8.48. The first kappa shape index (κ1) is 21.3. The van der Waals surface area contributed by atoms with Crippen molar-refractivity contribution in [3.63, 3.8) is 0 Å². The number of nitrogens with two attached hydrogens (primary N) is 1. The van der Waals surface area contributed by atoms with Crippen LogP contribution in [0.3, 0.4) is 0 Å². The molecule has 4 rings (SSSR count). The number of rotatable bonds is 4. The predicted molar refractivity (Wildman–Crippen MR) is 128 cm³/mol. The van der Waals surface area contributed by atoms with Gasteiger partial charge in [0, 0.05) is 31.2 Å². The Labute approximate surface area is 188 Å². The molecule has 2 heterocycles. The molecule has 2 aromatic carbocycles. The van der Waals surface area contributed by atoms with Gasteiger partial charge in [0.1, 0.15) is 0 Å². The van der Waals surface area contributed by atoms with Crippen molar-refractivity contribution in [1.82, 2.24) is 9.88 Å². The smallest absolute Gasteiger partial charge is 0.255 e. The Bertz CT molecular complexity index is 1190. The van der Waals surface area contributed by atoms with Crippen molar-refractivity contribution in [2.75, 3.05) is 18.8 Å². The average Bonchev–Trinajstić information content (AvgIpc) is 2.85. The molecule has 1 fully saturated rings. The number of benzene rings is 2. The number of likely N-dealkylation sites (tertiary alicyclic amines) is 1. The van der Waals surface area contributed by atoms with Crippen LogP contribution in [0.15, 0.2) is 67.0 Å². The number of hydrogen-bond donors (Lipinski definition) is 1. The molecule has 2 N–H and O–H groups in total. The number of piperidine rings is 1. The summed E-state index contributed by atoms with van der Waals surface area (Å²) >= 11 is 0. The minimum Gasteiger partial charge on any atom is -0.399 e. The molecule has 1 amide bonds. The Morgan fingerprint density at radius 3 is 2.50 bits per heavy atom. The number of anilines is 1. The Morgan fingerprint density at radius 2 is 1.78 bits per heavy atom. The zero-order valence-corrected chi connectivity index (χ0v) is 18.2. The summed E-state index contributed by atoms with van der Waals surface area (Å²) in [4.78, 5) is 19.2. The average molecular weight is 423 g/mol. The van der Waals surface area contributed by atoms with Crippen LogP contribution >= 0.6 is 0 Å². The number of hydrogen-bond acceptors (Lipinski definition) is 4. The SMILES string of the molecule is Cc1c(N)cccc1C1(C#N)CCN(C(=O)c2cncc(C=Cc3ccccc3)c2)CC1. The summed E-state index contributed by atoms with van der Waals surface area (Å²) in [5.41, 5.74) is 10.6. The van der Waals surface area contributed by atoms with Gasteiger partial charge in [0.15, 0.2) is 0 Å². The summed E-state index contributed by atoms with van der Waals surface area (Å²) in [6.45, 7) is 3.00. The molecular weight excluding hydrogens is 396 g/mol. The first-order valence-electron chi connectivity index (χ1n) is 10.8. The first-order valence-corrected chi connectivity index (χ1v) is 10.8. The zero-order chi connectivity index (χ0) is 22.6. The molecule has 0 radical (unpaired) electrons. The van der Waals surface area contributed by atoms with Crippen molar-refractivity contribution in [3.8, 4) is 6.07 Å². The van der Waals surface area contributed by atoms with Gasteiger partial charge in [0.05, 0.1) is 17.0 Å². The third-order valence-corrected chi connectivity index (χ3v) is 6.28. The fourth-order valence-corrected chi connectivity index (χ4v) is 4.31. The lowest BCUT2D eigenvalue weighted by Gasteiger charge is -2.38. The Balaban J connectivity index is 1.48. The highest BCUT2D eigenvalue weighted by Gasteiger charge is 2.39. The maximum atomic E-state index is 13.1. The molecule has 0 spiro atoms. The molecule has 160 valence electrons. The van der Waals surface area contributed by atoms with E-state index in [4.69, 9.17) is 5.73 Å². The second-order valence-corrected chi connectivity index (χ2v) is 8.26. The van der Waals surface area contributed by atoms with Crippen molar-refractivity contribution >= 4 is 23.7 Å². The van der Waals surface area contributed by atoms with E-state index in [2.05, 4.69) is 11.1 Å². The van der Waals surface area contributed by atoms with Gasteiger partial charge in [0.2, 0.25) is 0 Å². The lowest BCUT2D eigenvalue weighted by atomic mass is 9.72. The number of nitrogen functional groups attached to an aromatic ring is 1. The molecule has 5 heteroatoms. The van der Waals surface area contributed by atoms with E-state index in [0.717, 1.165) is 22.3 Å². The highest BCUT2D eigenvalue weighted by atomic mass is 16.2. The monoisotopic (exact) mass is 422 g/mol. The molecule has 3 aromatic rings. The number of carbonyl (C=O) groups excluding carboxylic acids is 1. The third kappa shape index (κ3) is 4.26. The van der Waals surface area contributed by atoms with E-state index in [-0.39, 0.29) is 5.91 Å². The summed E-state index contributed by atoms with van der Waals surface area (Å²) in [5, 5.41) is 10.0. The van der Waals surface area contributed by atoms with E-state index in [0.29, 0.717) is 37.2 Å². The molecule has 1 saturated heterocycles. The molecule has 1 aliphatic rings. The molecule has 0 saturated carbocycles. The first-order chi connectivity index (χ1) is 15.5. The lowest BCUT2D eigenvalue weighted by Crippen LogP contribution is -2.45. The minimum absolute atomic E-state index is 0.0525. The molecule has 1 aromatic heterocycles. The number of amides is 1. The van der Waals surface area contributed by atoms with Gasteiger partial charge >= 0.3 is 0 Å². The van der Waals surface area contributed by atoms with Crippen molar-refractivity contribution in [1.29, 1.82) is 5.26 Å². The molecule has 0 unspecified atom stereocenters. The van der Waals surface area contributed by atoms with Crippen LogP contribution in [-0.2, 0) is 5.41 Å². The van der Waals surface area contributed by atoms with E-state index in [1.54, 1.807) is 12.4 Å². The highest BCUT2D eigenvalue weighted by molar-refractivity contribution is 5.94. The van der Waals surface area contributed by atoms with Crippen LogP contribution in [0.5, 0.6) is 0 Å². The van der Waals surface area contributed by atoms with Crippen LogP contribution in [0.2, 0.25) is 0 Å². The standard InChI is InChI=1S/C27H26N4O/c1-20-24(8-5-9-25(20)29)27(19-28)12-14-31(15-13-27)26(32)23-16-22(17-30-18-23)11-10-21-6-3-2-4-7-21/h2-11,16-18H,12-15,29H2,1H3. The van der Waals surface area contributed by atoms with E-state index >= 15 is 0 Å². The van der Waals surface area contributed by atoms with Gasteiger partial charge in [0.25, 0.3) is 5.91 Å². The van der Waals surface area contributed by atoms with Gasteiger partial charge in [-0.3, -0.25) is 9.78 Å². The lowest BCUT2D eigenvalue weighted by molar-refractivity contribution is 0.0691. The van der Waals surface area contributed by atoms with Crippen LogP contribution in [0.25, 0.3) is 12.2 Å². The van der Waals surface area contributed by atoms with E-state index in [9.17, 15) is 10.1 Å². The fraction of sp³-hybridized carbons (Fsp3) is 0.222. The zero-order valence-electron chi connectivity index (χ0n) is 18.2. The van der Waals surface area contributed by atoms with E-state index in [1.165, 1.54) is 0 Å². The van der Waals surface area contributed by atoms with E-state index in [1.807, 2.05) is 78.6 Å². The minimum atomic E-state index is -0.616. The van der Waals surface area contributed by atoms with Crippen molar-refractivity contribution in [2.24, 2.45) is 0 Å². The Morgan fingerprint density at radius 1 is 1.06 bits per heavy atom. The van der Waals surface area contributed by atoms with Crippen molar-refractivity contribution in [3.05, 3.63) is 94.8 Å². The Hall–Kier alpha value is -3.91. The molecule has 0 bridgehead atoms. The Kier molecular flexibility index (Phi) is 6.04. The van der Waals surface area contributed by atoms with E-state index < -0.39 is 5.41 Å². The molecular formula is C27H26N4O. The van der Waals surface area contributed by atoms with Crippen molar-refractivity contribution in [2.45, 2.75) is 25.2 Å². The van der Waals surface area contributed by atoms with Gasteiger partial charge in [-0.25, -0.2) is 0 Å². The summed E-state index contributed by atoms with van der Waals surface area (Å²) in [5.74, 6) is -0.0525. The summed E-state index contributed by atoms with van der Waals surface area (Å²) in [7, 11) is 0. The highest BCUT2D eigenvalue weighted by Crippen LogP contribution is 2.38. The van der Waals surface area contributed by atoms with Crippen molar-refractivity contribution < 1.29 is 4.79 Å². The second-order valence-electron chi connectivity index (χ2n) is 8.26. The molecule has 32 heavy (non-hydrogen) atoms. The van der Waals surface area contributed by atoms with Crippen LogP contribution in [0.1, 0.15) is 45.5 Å². The molecule has 1 aliphatic heterocycles. The van der Waals surface area contributed by atoms with Gasteiger partial charge in [-0.2, -0.15) is 5.26 Å². The van der Waals surface area contributed by atoms with Gasteiger partial charge in [-0.15, -0.1) is 0 Å². The largest absolute Gasteiger partial charge is 0.399 e. The number of nitriles is 1. The number of pyridine rings is 1. The second kappa shape index (κ2) is 9.07. The van der Waals surface area contributed by atoms with Gasteiger partial charge in [-0.05, 0) is 54.2 Å². The molecule has 0 atom stereocenters. The maximum absolute atomic E-state index is 13.1. The summed E-state index contributed by atoms with van der Waals surface area (Å²) in [6, 6.07) is 20.1. The van der Waals surface area contributed by atoms with Crippen LogP contribution in [0.4, 0.5) is 5.69 Å². The predicted octanol–water partition coefficient (Wildman–Crippen LogP) is 4.84. The quantitative estimate of drug-likeness (QED) is 0.610. The summed E-state index contributed by atoms with van der Waals surface area (Å²) < 4.78 is 0. The number of nitrogens with zero attached hydrogens (tertiary/aromatic N) is 3. The maximum Gasteiger partial charge on any atom is 0.255 e. The topological polar surface area (TPSA) is 83.0 Å². The normalized spacial score (nSPS) is 15.4. The van der Waals surface area contributed by atoms with Gasteiger partial charge in [-0.1, -0.05) is 54.6 Å². The number of carbonyl (C=O) groups is 1. The van der Waals surface area contributed by atoms with Crippen LogP contribution in [-0.4, -0.2) is 28.9 Å². The van der Waals surface area contributed by atoms with Crippen LogP contribution < -0.4 is 5.73 Å². The number of aromatic nitrogens is 1. The van der Waals surface area contributed by atoms with Crippen LogP contribution in [0, 0.1) is 18.3 Å². The third-order valence-electron chi connectivity index (χ3n) is 6.28. The molecule has 5 nitrogen and oxygen atoms in total.